The molecule has 5 nitrogen and oxygen atoms in total. The number of ether oxygens (including phenoxy) is 1. The lowest BCUT2D eigenvalue weighted by Gasteiger charge is -2.24. The van der Waals surface area contributed by atoms with Gasteiger partial charge in [-0.1, -0.05) is 24.3 Å². The molecule has 1 aliphatic heterocycles. The molecule has 0 saturated heterocycles. The van der Waals surface area contributed by atoms with Crippen LogP contribution in [0.3, 0.4) is 0 Å². The SMILES string of the molecule is Nc1cccc(S(=O)(=O)N2CCOCc3ccccc32)c1. The van der Waals surface area contributed by atoms with Gasteiger partial charge in [-0.3, -0.25) is 4.31 Å². The summed E-state index contributed by atoms with van der Waals surface area (Å²) in [6.07, 6.45) is 0. The molecule has 1 heterocycles. The van der Waals surface area contributed by atoms with Crippen LogP contribution >= 0.6 is 0 Å². The Kier molecular flexibility index (Phi) is 3.57. The van der Waals surface area contributed by atoms with Crippen molar-refractivity contribution in [2.45, 2.75) is 11.5 Å². The van der Waals surface area contributed by atoms with Gasteiger partial charge in [-0.25, -0.2) is 8.42 Å². The molecule has 1 aliphatic rings. The number of hydrogen-bond donors (Lipinski definition) is 1. The van der Waals surface area contributed by atoms with Gasteiger partial charge in [-0.2, -0.15) is 0 Å². The third kappa shape index (κ3) is 2.59. The zero-order valence-electron chi connectivity index (χ0n) is 11.4. The summed E-state index contributed by atoms with van der Waals surface area (Å²) in [6.45, 7) is 1.06. The predicted molar refractivity (Wildman–Crippen MR) is 81.5 cm³/mol. The maximum atomic E-state index is 12.9. The van der Waals surface area contributed by atoms with Gasteiger partial charge in [0.2, 0.25) is 0 Å². The highest BCUT2D eigenvalue weighted by Crippen LogP contribution is 2.29. The smallest absolute Gasteiger partial charge is 0.264 e. The molecule has 0 aromatic heterocycles. The van der Waals surface area contributed by atoms with Gasteiger partial charge in [-0.15, -0.1) is 0 Å². The van der Waals surface area contributed by atoms with Crippen molar-refractivity contribution in [3.8, 4) is 0 Å². The molecular formula is C15H16N2O3S. The third-order valence-corrected chi connectivity index (χ3v) is 5.21. The zero-order valence-corrected chi connectivity index (χ0v) is 12.2. The van der Waals surface area contributed by atoms with Crippen molar-refractivity contribution in [3.05, 3.63) is 54.1 Å². The summed E-state index contributed by atoms with van der Waals surface area (Å²) in [5.41, 5.74) is 7.66. The van der Waals surface area contributed by atoms with E-state index >= 15 is 0 Å². The van der Waals surface area contributed by atoms with Crippen LogP contribution in [0, 0.1) is 0 Å². The second-order valence-electron chi connectivity index (χ2n) is 4.83. The molecule has 0 unspecified atom stereocenters. The van der Waals surface area contributed by atoms with Crippen LogP contribution < -0.4 is 10.0 Å². The van der Waals surface area contributed by atoms with Crippen LogP contribution in [0.5, 0.6) is 0 Å². The molecular weight excluding hydrogens is 288 g/mol. The maximum Gasteiger partial charge on any atom is 0.264 e. The van der Waals surface area contributed by atoms with Crippen LogP contribution in [0.25, 0.3) is 0 Å². The Bertz CT molecular complexity index is 759. The molecule has 0 radical (unpaired) electrons. The van der Waals surface area contributed by atoms with Gasteiger partial charge in [0, 0.05) is 11.3 Å². The van der Waals surface area contributed by atoms with Crippen LogP contribution in [0.2, 0.25) is 0 Å². The highest BCUT2D eigenvalue weighted by Gasteiger charge is 2.28. The number of nitrogen functional groups attached to an aromatic ring is 1. The van der Waals surface area contributed by atoms with E-state index in [1.54, 1.807) is 24.3 Å². The summed E-state index contributed by atoms with van der Waals surface area (Å²) in [4.78, 5) is 0.194. The predicted octanol–water partition coefficient (Wildman–Crippen LogP) is 1.99. The van der Waals surface area contributed by atoms with Crippen LogP contribution in [-0.4, -0.2) is 21.6 Å². The zero-order chi connectivity index (χ0) is 14.9. The fourth-order valence-electron chi connectivity index (χ4n) is 2.38. The van der Waals surface area contributed by atoms with E-state index in [0.717, 1.165) is 5.56 Å². The Balaban J connectivity index is 2.11. The van der Waals surface area contributed by atoms with Crippen LogP contribution in [0.4, 0.5) is 11.4 Å². The molecule has 0 fully saturated rings. The lowest BCUT2D eigenvalue weighted by molar-refractivity contribution is 0.133. The Morgan fingerprint density at radius 2 is 1.90 bits per heavy atom. The topological polar surface area (TPSA) is 72.6 Å². The number of sulfonamides is 1. The molecule has 2 aromatic rings. The Morgan fingerprint density at radius 3 is 2.71 bits per heavy atom. The monoisotopic (exact) mass is 304 g/mol. The normalized spacial score (nSPS) is 15.3. The number of para-hydroxylation sites is 1. The number of rotatable bonds is 2. The number of hydrogen-bond acceptors (Lipinski definition) is 4. The minimum atomic E-state index is -3.65. The van der Waals surface area contributed by atoms with E-state index in [1.807, 2.05) is 18.2 Å². The van der Waals surface area contributed by atoms with E-state index in [9.17, 15) is 8.42 Å². The first-order chi connectivity index (χ1) is 10.1. The van der Waals surface area contributed by atoms with E-state index in [1.165, 1.54) is 10.4 Å². The number of anilines is 2. The van der Waals surface area contributed by atoms with E-state index in [2.05, 4.69) is 0 Å². The van der Waals surface area contributed by atoms with Gasteiger partial charge < -0.3 is 10.5 Å². The molecule has 2 aromatic carbocycles. The quantitative estimate of drug-likeness (QED) is 0.861. The minimum Gasteiger partial charge on any atom is -0.399 e. The molecule has 0 atom stereocenters. The van der Waals surface area contributed by atoms with E-state index in [0.29, 0.717) is 24.6 Å². The van der Waals surface area contributed by atoms with Crippen LogP contribution in [0.15, 0.2) is 53.4 Å². The average molecular weight is 304 g/mol. The van der Waals surface area contributed by atoms with Gasteiger partial charge in [0.25, 0.3) is 10.0 Å². The van der Waals surface area contributed by atoms with Crippen molar-refractivity contribution < 1.29 is 13.2 Å². The van der Waals surface area contributed by atoms with Crippen LogP contribution in [-0.2, 0) is 21.4 Å². The van der Waals surface area contributed by atoms with E-state index < -0.39 is 10.0 Å². The number of benzene rings is 2. The summed E-state index contributed by atoms with van der Waals surface area (Å²) in [6, 6.07) is 13.7. The summed E-state index contributed by atoms with van der Waals surface area (Å²) in [7, 11) is -3.65. The van der Waals surface area contributed by atoms with E-state index in [-0.39, 0.29) is 11.4 Å². The highest BCUT2D eigenvalue weighted by atomic mass is 32.2. The Labute approximate surface area is 124 Å². The second-order valence-corrected chi connectivity index (χ2v) is 6.69. The fourth-order valence-corrected chi connectivity index (χ4v) is 3.92. The van der Waals surface area contributed by atoms with Crippen molar-refractivity contribution >= 4 is 21.4 Å². The van der Waals surface area contributed by atoms with Crippen molar-refractivity contribution in [1.82, 2.24) is 0 Å². The Morgan fingerprint density at radius 1 is 1.10 bits per heavy atom. The first kappa shape index (κ1) is 13.9. The summed E-state index contributed by atoms with van der Waals surface area (Å²) < 4.78 is 32.6. The van der Waals surface area contributed by atoms with Gasteiger partial charge >= 0.3 is 0 Å². The molecule has 2 N–H and O–H groups in total. The average Bonchev–Trinajstić information content (AvgIpc) is 2.70. The lowest BCUT2D eigenvalue weighted by atomic mass is 10.2. The standard InChI is InChI=1S/C15H16N2O3S/c16-13-5-3-6-14(10-13)21(18,19)17-8-9-20-11-12-4-1-2-7-15(12)17/h1-7,10H,8-9,11,16H2. The van der Waals surface area contributed by atoms with Crippen LogP contribution in [0.1, 0.15) is 5.56 Å². The number of nitrogens with zero attached hydrogens (tertiary/aromatic N) is 1. The fraction of sp³-hybridized carbons (Fsp3) is 0.200. The molecule has 0 aliphatic carbocycles. The molecule has 0 saturated carbocycles. The largest absolute Gasteiger partial charge is 0.399 e. The lowest BCUT2D eigenvalue weighted by Crippen LogP contribution is -2.33. The third-order valence-electron chi connectivity index (χ3n) is 3.40. The molecule has 110 valence electrons. The molecule has 0 amide bonds. The molecule has 3 rings (SSSR count). The summed E-state index contributed by atoms with van der Waals surface area (Å²) >= 11 is 0. The second kappa shape index (κ2) is 5.38. The number of nitrogens with two attached hydrogens (primary N) is 1. The summed E-state index contributed by atoms with van der Waals surface area (Å²) in [5, 5.41) is 0. The van der Waals surface area contributed by atoms with Gasteiger partial charge in [0.05, 0.1) is 30.3 Å². The van der Waals surface area contributed by atoms with Crippen molar-refractivity contribution in [2.24, 2.45) is 0 Å². The van der Waals surface area contributed by atoms with Crippen molar-refractivity contribution in [3.63, 3.8) is 0 Å². The maximum absolute atomic E-state index is 12.9. The minimum absolute atomic E-state index is 0.194. The molecule has 0 spiro atoms. The van der Waals surface area contributed by atoms with Crippen molar-refractivity contribution in [1.29, 1.82) is 0 Å². The van der Waals surface area contributed by atoms with Gasteiger partial charge in [-0.05, 0) is 24.3 Å². The van der Waals surface area contributed by atoms with Gasteiger partial charge in [0.1, 0.15) is 0 Å². The first-order valence-corrected chi connectivity index (χ1v) is 8.07. The van der Waals surface area contributed by atoms with E-state index in [4.69, 9.17) is 10.5 Å². The molecule has 0 bridgehead atoms. The number of fused-ring (bicyclic) bond motifs is 1. The highest BCUT2D eigenvalue weighted by molar-refractivity contribution is 7.92. The molecule has 21 heavy (non-hydrogen) atoms. The van der Waals surface area contributed by atoms with Gasteiger partial charge in [0.15, 0.2) is 0 Å². The first-order valence-electron chi connectivity index (χ1n) is 6.63. The van der Waals surface area contributed by atoms with Crippen molar-refractivity contribution in [2.75, 3.05) is 23.2 Å². The molecule has 6 heteroatoms. The Hall–Kier alpha value is -2.05. The summed E-state index contributed by atoms with van der Waals surface area (Å²) in [5.74, 6) is 0.